The van der Waals surface area contributed by atoms with Crippen molar-refractivity contribution in [3.8, 4) is 0 Å². The second-order valence-corrected chi connectivity index (χ2v) is 15.9. The van der Waals surface area contributed by atoms with Gasteiger partial charge in [0.2, 0.25) is 0 Å². The van der Waals surface area contributed by atoms with Crippen molar-refractivity contribution in [2.75, 3.05) is 0 Å². The van der Waals surface area contributed by atoms with Gasteiger partial charge in [0, 0.05) is 21.8 Å². The van der Waals surface area contributed by atoms with Crippen LogP contribution in [-0.4, -0.2) is 146 Å². The number of benzene rings is 5. The molecule has 0 aliphatic heterocycles. The Morgan fingerprint density at radius 3 is 0.898 bits per heavy atom. The first-order valence-electron chi connectivity index (χ1n) is 18.2. The summed E-state index contributed by atoms with van der Waals surface area (Å²) >= 11 is 0. The molecule has 0 bridgehead atoms. The normalized spacial score (nSPS) is 11.9. The van der Waals surface area contributed by atoms with Crippen molar-refractivity contribution < 1.29 is 0 Å². The Hall–Kier alpha value is -2.93. The molecule has 0 fully saturated rings. The number of nitrogens with zero attached hydrogens (tertiary/aromatic N) is 1. The van der Waals surface area contributed by atoms with E-state index in [9.17, 15) is 0 Å². The monoisotopic (exact) mass is 609 g/mol. The van der Waals surface area contributed by atoms with Crippen LogP contribution in [0.1, 0.15) is 0 Å². The molecule has 0 aliphatic rings. The van der Waals surface area contributed by atoms with Crippen molar-refractivity contribution in [1.29, 1.82) is 0 Å². The Morgan fingerprint density at radius 2 is 0.490 bits per heavy atom. The van der Waals surface area contributed by atoms with Crippen LogP contribution in [-0.2, 0) is 0 Å². The predicted octanol–water partition coefficient (Wildman–Crippen LogP) is -23.1. The molecule has 5 aromatic carbocycles. The zero-order chi connectivity index (χ0) is 36.0. The van der Waals surface area contributed by atoms with Crippen molar-refractivity contribution >= 4 is 299 Å². The molecule has 7 aromatic rings. The standard InChI is InChI=1S/C30H37B18N/c31-2-1-3(32)12(33)29-4(2)9-17(38)20(41)18(39)10-7-5(13(34)21(42)23(44)15(7)36)6-8(16(37)24(45)22(43)14(6)35)11-19(40)25(46)26(47)27(48)30(11)49(29)28(9)10/h1H,31-48H2. The van der Waals surface area contributed by atoms with Gasteiger partial charge in [0.05, 0.1) is 5.52 Å². The maximum Gasteiger partial charge on any atom is 0.141 e. The van der Waals surface area contributed by atoms with Crippen molar-refractivity contribution in [1.82, 2.24) is 4.40 Å². The van der Waals surface area contributed by atoms with E-state index in [1.54, 1.807) is 0 Å². The van der Waals surface area contributed by atoms with E-state index in [1.165, 1.54) is 158 Å². The second-order valence-electron chi connectivity index (χ2n) is 15.9. The minimum atomic E-state index is 1.36. The number of hydrogen-bond acceptors (Lipinski definition) is 0. The van der Waals surface area contributed by atoms with Gasteiger partial charge in [-0.15, -0.1) is 27.3 Å². The van der Waals surface area contributed by atoms with Gasteiger partial charge in [0.1, 0.15) is 141 Å². The zero-order valence-electron chi connectivity index (χ0n) is 33.5. The first-order chi connectivity index (χ1) is 22.9. The molecule has 0 spiro atoms. The van der Waals surface area contributed by atoms with E-state index in [2.05, 4.69) is 152 Å². The Balaban J connectivity index is 2.25. The first kappa shape index (κ1) is 34.5. The molecule has 0 amide bonds. The van der Waals surface area contributed by atoms with E-state index in [4.69, 9.17) is 0 Å². The van der Waals surface area contributed by atoms with Gasteiger partial charge in [-0.2, -0.15) is 0 Å². The molecular weight excluding hydrogens is 569 g/mol. The SMILES string of the molecule is Bc1cc(B)c2c3c(B)c(B)c(B)c4c5c(B)c(B)c(B)c(B)c5c5c(B)c(B)c(B)c(B)c5c5c(B)c(B)c(B)c(B)c5n(c2c1B)c43. The fraction of sp³-hybridized carbons (Fsp3) is 0. The van der Waals surface area contributed by atoms with Crippen LogP contribution in [0.3, 0.4) is 0 Å². The molecule has 49 heavy (non-hydrogen) atoms. The molecule has 0 radical (unpaired) electrons. The van der Waals surface area contributed by atoms with Crippen LogP contribution in [0.15, 0.2) is 6.07 Å². The number of hydrogen-bond donors (Lipinski definition) is 0. The third-order valence-electron chi connectivity index (χ3n) is 14.1. The fourth-order valence-corrected chi connectivity index (χ4v) is 9.72. The molecular formula is C30H37B18N. The highest BCUT2D eigenvalue weighted by Gasteiger charge is 2.26. The van der Waals surface area contributed by atoms with E-state index < -0.39 is 0 Å². The van der Waals surface area contributed by atoms with Crippen LogP contribution in [0, 0.1) is 0 Å². The van der Waals surface area contributed by atoms with E-state index >= 15 is 0 Å². The summed E-state index contributed by atoms with van der Waals surface area (Å²) in [7, 11) is 42.6. The lowest BCUT2D eigenvalue weighted by Crippen LogP contribution is -2.51. The van der Waals surface area contributed by atoms with Crippen molar-refractivity contribution in [2.24, 2.45) is 0 Å². The average molecular weight is 606 g/mol. The van der Waals surface area contributed by atoms with Crippen molar-refractivity contribution in [2.45, 2.75) is 0 Å². The third-order valence-corrected chi connectivity index (χ3v) is 14.1. The van der Waals surface area contributed by atoms with Gasteiger partial charge in [0.15, 0.2) is 0 Å². The maximum absolute atomic E-state index is 2.77. The topological polar surface area (TPSA) is 4.41 Å². The molecule has 216 valence electrons. The van der Waals surface area contributed by atoms with Crippen molar-refractivity contribution in [3.05, 3.63) is 6.07 Å². The molecule has 0 saturated carbocycles. The van der Waals surface area contributed by atoms with Crippen LogP contribution in [0.2, 0.25) is 0 Å². The lowest BCUT2D eigenvalue weighted by atomic mass is 9.60. The van der Waals surface area contributed by atoms with E-state index in [0.717, 1.165) is 0 Å². The number of aromatic nitrogens is 1. The van der Waals surface area contributed by atoms with Gasteiger partial charge in [-0.1, -0.05) is 77.1 Å². The molecule has 0 saturated heterocycles. The summed E-state index contributed by atoms with van der Waals surface area (Å²) in [4.78, 5) is 0. The van der Waals surface area contributed by atoms with Gasteiger partial charge in [-0.05, 0) is 32.3 Å². The first-order valence-corrected chi connectivity index (χ1v) is 18.2. The summed E-state index contributed by atoms with van der Waals surface area (Å²) in [5.74, 6) is 0. The van der Waals surface area contributed by atoms with Crippen LogP contribution >= 0.6 is 0 Å². The Bertz CT molecular complexity index is 2800. The Morgan fingerprint density at radius 1 is 0.224 bits per heavy atom. The van der Waals surface area contributed by atoms with Crippen molar-refractivity contribution in [3.63, 3.8) is 0 Å². The second kappa shape index (κ2) is 11.3. The summed E-state index contributed by atoms with van der Waals surface area (Å²) < 4.78 is 2.77. The number of fused-ring (bicyclic) bond motifs is 10. The Kier molecular flexibility index (Phi) is 7.95. The molecule has 1 nitrogen and oxygen atoms in total. The van der Waals surface area contributed by atoms with Crippen LogP contribution in [0.25, 0.3) is 59.6 Å². The van der Waals surface area contributed by atoms with Gasteiger partial charge in [-0.3, -0.25) is 0 Å². The van der Waals surface area contributed by atoms with E-state index in [-0.39, 0.29) is 0 Å². The molecule has 19 heteroatoms. The molecule has 7 rings (SSSR count). The molecule has 0 unspecified atom stereocenters. The highest BCUT2D eigenvalue weighted by atomic mass is 14.9. The van der Waals surface area contributed by atoms with Crippen LogP contribution in [0.4, 0.5) is 0 Å². The maximum atomic E-state index is 2.77. The molecule has 0 atom stereocenters. The predicted molar refractivity (Wildman–Crippen MR) is 281 cm³/mol. The van der Waals surface area contributed by atoms with Gasteiger partial charge < -0.3 is 4.40 Å². The summed E-state index contributed by atoms with van der Waals surface area (Å²) in [6.07, 6.45) is 0. The zero-order valence-corrected chi connectivity index (χ0v) is 33.5. The molecule has 2 aromatic heterocycles. The Labute approximate surface area is 308 Å². The highest BCUT2D eigenvalue weighted by molar-refractivity contribution is 6.75. The summed E-state index contributed by atoms with van der Waals surface area (Å²) in [6.45, 7) is 0. The summed E-state index contributed by atoms with van der Waals surface area (Å²) in [6, 6.07) is 2.42. The largest absolute Gasteiger partial charge is 0.309 e. The molecule has 0 aliphatic carbocycles. The smallest absolute Gasteiger partial charge is 0.141 e. The lowest BCUT2D eigenvalue weighted by molar-refractivity contribution is 1.38. The quantitative estimate of drug-likeness (QED) is 0.151. The summed E-state index contributed by atoms with van der Waals surface area (Å²) in [5.41, 5.74) is 29.2. The lowest BCUT2D eigenvalue weighted by Gasteiger charge is -2.23. The van der Waals surface area contributed by atoms with Crippen LogP contribution in [0.5, 0.6) is 0 Å². The molecule has 0 N–H and O–H groups in total. The fourth-order valence-electron chi connectivity index (χ4n) is 9.72. The highest BCUT2D eigenvalue weighted by Crippen LogP contribution is 2.33. The minimum Gasteiger partial charge on any atom is -0.309 e. The van der Waals surface area contributed by atoms with E-state index in [1.807, 2.05) is 0 Å². The van der Waals surface area contributed by atoms with Gasteiger partial charge in [0.25, 0.3) is 0 Å². The average Bonchev–Trinajstić information content (AvgIpc) is 3.43. The minimum absolute atomic E-state index is 1.36. The van der Waals surface area contributed by atoms with E-state index in [0.29, 0.717) is 0 Å². The third kappa shape index (κ3) is 4.20. The molecule has 2 heterocycles. The van der Waals surface area contributed by atoms with Gasteiger partial charge >= 0.3 is 0 Å². The number of rotatable bonds is 0. The summed E-state index contributed by atoms with van der Waals surface area (Å²) in [5, 5.41) is 11.3. The van der Waals surface area contributed by atoms with Crippen LogP contribution < -0.4 is 98.3 Å². The van der Waals surface area contributed by atoms with Gasteiger partial charge in [-0.25, -0.2) is 0 Å².